The highest BCUT2D eigenvalue weighted by molar-refractivity contribution is 5.98. The van der Waals surface area contributed by atoms with Crippen LogP contribution in [-0.4, -0.2) is 65.2 Å². The molecule has 0 aromatic heterocycles. The van der Waals surface area contributed by atoms with Crippen LogP contribution in [-0.2, 0) is 11.3 Å². The molecule has 3 atom stereocenters. The van der Waals surface area contributed by atoms with E-state index in [2.05, 4.69) is 15.5 Å². The van der Waals surface area contributed by atoms with Crippen molar-refractivity contribution in [3.8, 4) is 0 Å². The summed E-state index contributed by atoms with van der Waals surface area (Å²) in [4.78, 5) is 29.6. The molecule has 1 saturated heterocycles. The molecule has 1 fully saturated rings. The second-order valence-electron chi connectivity index (χ2n) is 7.58. The maximum absolute atomic E-state index is 12.9. The zero-order valence-corrected chi connectivity index (χ0v) is 16.1. The number of nitrogens with zero attached hydrogens (tertiary/aromatic N) is 2. The number of fused-ring (bicyclic) bond motifs is 1. The molecule has 2 heterocycles. The van der Waals surface area contributed by atoms with Gasteiger partial charge in [-0.15, -0.1) is 0 Å². The van der Waals surface area contributed by atoms with E-state index < -0.39 is 6.04 Å². The second-order valence-corrected chi connectivity index (χ2v) is 7.58. The van der Waals surface area contributed by atoms with Crippen molar-refractivity contribution in [1.82, 2.24) is 15.1 Å². The van der Waals surface area contributed by atoms with Crippen molar-refractivity contribution in [2.75, 3.05) is 31.5 Å². The van der Waals surface area contributed by atoms with Crippen molar-refractivity contribution >= 4 is 17.6 Å². The first-order valence-corrected chi connectivity index (χ1v) is 9.83. The lowest BCUT2D eigenvalue weighted by atomic mass is 9.97. The third-order valence-corrected chi connectivity index (χ3v) is 5.62. The molecule has 3 rings (SSSR count). The molecule has 0 spiro atoms. The molecule has 0 bridgehead atoms. The molecule has 0 saturated carbocycles. The summed E-state index contributed by atoms with van der Waals surface area (Å²) in [5, 5.41) is 15.6. The molecule has 2 aliphatic heterocycles. The van der Waals surface area contributed by atoms with Gasteiger partial charge in [0.05, 0.1) is 12.6 Å². The fourth-order valence-corrected chi connectivity index (χ4v) is 3.83. The predicted molar refractivity (Wildman–Crippen MR) is 104 cm³/mol. The number of para-hydroxylation sites is 1. The van der Waals surface area contributed by atoms with Crippen LogP contribution in [0.15, 0.2) is 24.3 Å². The van der Waals surface area contributed by atoms with Crippen molar-refractivity contribution in [1.29, 1.82) is 0 Å². The Morgan fingerprint density at radius 1 is 1.41 bits per heavy atom. The van der Waals surface area contributed by atoms with Crippen LogP contribution >= 0.6 is 0 Å². The number of benzene rings is 1. The Morgan fingerprint density at radius 3 is 2.89 bits per heavy atom. The average Bonchev–Trinajstić information content (AvgIpc) is 3.00. The molecular weight excluding hydrogens is 344 g/mol. The van der Waals surface area contributed by atoms with Gasteiger partial charge in [-0.05, 0) is 24.0 Å². The smallest absolute Gasteiger partial charge is 0.318 e. The fraction of sp³-hybridized carbons (Fsp3) is 0.600. The molecule has 2 aliphatic rings. The molecule has 0 unspecified atom stereocenters. The van der Waals surface area contributed by atoms with E-state index in [1.165, 1.54) is 0 Å². The number of carbonyl (C=O) groups is 2. The highest BCUT2D eigenvalue weighted by Gasteiger charge is 2.36. The van der Waals surface area contributed by atoms with Gasteiger partial charge in [-0.1, -0.05) is 38.5 Å². The number of rotatable bonds is 5. The molecular formula is C20H30N4O3. The SMILES string of the molecule is CC[C@H](C)[C@H]1C(=O)Nc2ccccc2CN1C(=O)NCCN1CC[C@@H](O)C1. The summed E-state index contributed by atoms with van der Waals surface area (Å²) in [5.74, 6) is -0.0779. The summed E-state index contributed by atoms with van der Waals surface area (Å²) in [6, 6.07) is 6.91. The van der Waals surface area contributed by atoms with Crippen LogP contribution in [0.1, 0.15) is 32.3 Å². The number of aliphatic hydroxyl groups is 1. The third kappa shape index (κ3) is 4.59. The van der Waals surface area contributed by atoms with Crippen LogP contribution in [0.25, 0.3) is 0 Å². The number of anilines is 1. The number of urea groups is 1. The number of β-amino-alcohol motifs (C(OH)–C–C–N with tert-alkyl or cyclic N) is 1. The van der Waals surface area contributed by atoms with Gasteiger partial charge in [-0.25, -0.2) is 4.79 Å². The fourth-order valence-electron chi connectivity index (χ4n) is 3.83. The van der Waals surface area contributed by atoms with Crippen molar-refractivity contribution in [3.05, 3.63) is 29.8 Å². The first kappa shape index (κ1) is 19.6. The summed E-state index contributed by atoms with van der Waals surface area (Å²) in [5.41, 5.74) is 1.71. The van der Waals surface area contributed by atoms with Crippen LogP contribution < -0.4 is 10.6 Å². The number of aliphatic hydroxyl groups excluding tert-OH is 1. The first-order chi connectivity index (χ1) is 13.0. The van der Waals surface area contributed by atoms with Crippen LogP contribution in [0, 0.1) is 5.92 Å². The quantitative estimate of drug-likeness (QED) is 0.731. The van der Waals surface area contributed by atoms with Gasteiger partial charge in [0.2, 0.25) is 5.91 Å². The zero-order chi connectivity index (χ0) is 19.4. The Labute approximate surface area is 160 Å². The molecule has 7 nitrogen and oxygen atoms in total. The van der Waals surface area contributed by atoms with E-state index in [0.29, 0.717) is 26.2 Å². The van der Waals surface area contributed by atoms with E-state index in [0.717, 1.165) is 30.6 Å². The van der Waals surface area contributed by atoms with E-state index in [4.69, 9.17) is 0 Å². The van der Waals surface area contributed by atoms with E-state index >= 15 is 0 Å². The number of nitrogens with one attached hydrogen (secondary N) is 2. The molecule has 3 N–H and O–H groups in total. The topological polar surface area (TPSA) is 84.9 Å². The lowest BCUT2D eigenvalue weighted by Gasteiger charge is -2.32. The average molecular weight is 374 g/mol. The van der Waals surface area contributed by atoms with Crippen LogP contribution in [0.5, 0.6) is 0 Å². The number of amides is 3. The summed E-state index contributed by atoms with van der Waals surface area (Å²) in [6.45, 7) is 7.15. The summed E-state index contributed by atoms with van der Waals surface area (Å²) in [6.07, 6.45) is 1.33. The Morgan fingerprint density at radius 2 is 2.19 bits per heavy atom. The predicted octanol–water partition coefficient (Wildman–Crippen LogP) is 1.63. The largest absolute Gasteiger partial charge is 0.392 e. The van der Waals surface area contributed by atoms with E-state index in [1.807, 2.05) is 38.1 Å². The second kappa shape index (κ2) is 8.71. The van der Waals surface area contributed by atoms with Crippen molar-refractivity contribution in [3.63, 3.8) is 0 Å². The summed E-state index contributed by atoms with van der Waals surface area (Å²) in [7, 11) is 0. The van der Waals surface area contributed by atoms with Gasteiger partial charge in [0.1, 0.15) is 6.04 Å². The van der Waals surface area contributed by atoms with E-state index in [9.17, 15) is 14.7 Å². The summed E-state index contributed by atoms with van der Waals surface area (Å²) >= 11 is 0. The zero-order valence-electron chi connectivity index (χ0n) is 16.1. The van der Waals surface area contributed by atoms with Gasteiger partial charge in [0.15, 0.2) is 0 Å². The molecule has 0 aliphatic carbocycles. The normalized spacial score (nSPS) is 24.1. The number of likely N-dealkylation sites (tertiary alicyclic amines) is 1. The van der Waals surface area contributed by atoms with Gasteiger partial charge in [0.25, 0.3) is 0 Å². The number of hydrogen-bond donors (Lipinski definition) is 3. The Balaban J connectivity index is 1.70. The molecule has 27 heavy (non-hydrogen) atoms. The third-order valence-electron chi connectivity index (χ3n) is 5.62. The Bertz CT molecular complexity index is 681. The van der Waals surface area contributed by atoms with Gasteiger partial charge in [0, 0.05) is 31.9 Å². The lowest BCUT2D eigenvalue weighted by molar-refractivity contribution is -0.121. The standard InChI is InChI=1S/C20H30N4O3/c1-3-14(2)18-19(26)22-17-7-5-4-6-15(17)12-24(18)20(27)21-9-11-23-10-8-16(25)13-23/h4-7,14,16,18,25H,3,8-13H2,1-2H3,(H,21,27)(H,22,26)/t14-,16+,18-/m0/s1. The van der Waals surface area contributed by atoms with Crippen LogP contribution in [0.4, 0.5) is 10.5 Å². The minimum absolute atomic E-state index is 0.0544. The molecule has 3 amide bonds. The number of hydrogen-bond acceptors (Lipinski definition) is 4. The van der Waals surface area contributed by atoms with Crippen molar-refractivity contribution in [2.24, 2.45) is 5.92 Å². The highest BCUT2D eigenvalue weighted by Crippen LogP contribution is 2.27. The highest BCUT2D eigenvalue weighted by atomic mass is 16.3. The molecule has 0 radical (unpaired) electrons. The maximum Gasteiger partial charge on any atom is 0.318 e. The maximum atomic E-state index is 12.9. The van der Waals surface area contributed by atoms with Crippen LogP contribution in [0.2, 0.25) is 0 Å². The van der Waals surface area contributed by atoms with Gasteiger partial charge in [-0.3, -0.25) is 9.69 Å². The van der Waals surface area contributed by atoms with E-state index in [-0.39, 0.29) is 24.0 Å². The Kier molecular flexibility index (Phi) is 6.34. The lowest BCUT2D eigenvalue weighted by Crippen LogP contribution is -2.53. The van der Waals surface area contributed by atoms with Crippen LogP contribution in [0.3, 0.4) is 0 Å². The molecule has 7 heteroatoms. The monoisotopic (exact) mass is 374 g/mol. The van der Waals surface area contributed by atoms with E-state index in [1.54, 1.807) is 4.90 Å². The first-order valence-electron chi connectivity index (χ1n) is 9.83. The van der Waals surface area contributed by atoms with Crippen molar-refractivity contribution in [2.45, 2.75) is 45.4 Å². The Hall–Kier alpha value is -2.12. The molecule has 1 aromatic carbocycles. The summed E-state index contributed by atoms with van der Waals surface area (Å²) < 4.78 is 0. The van der Waals surface area contributed by atoms with Crippen molar-refractivity contribution < 1.29 is 14.7 Å². The van der Waals surface area contributed by atoms with Gasteiger partial charge >= 0.3 is 6.03 Å². The van der Waals surface area contributed by atoms with Gasteiger partial charge < -0.3 is 20.6 Å². The molecule has 1 aromatic rings. The van der Waals surface area contributed by atoms with Gasteiger partial charge in [-0.2, -0.15) is 0 Å². The minimum atomic E-state index is -0.504. The number of carbonyl (C=O) groups excluding carboxylic acids is 2. The molecule has 148 valence electrons. The minimum Gasteiger partial charge on any atom is -0.392 e.